The molecule has 0 saturated heterocycles. The van der Waals surface area contributed by atoms with Crippen molar-refractivity contribution in [2.75, 3.05) is 6.54 Å². The molecule has 5 heteroatoms. The lowest BCUT2D eigenvalue weighted by molar-refractivity contribution is 0.158. The van der Waals surface area contributed by atoms with E-state index < -0.39 is 0 Å². The maximum atomic E-state index is 5.33. The number of fused-ring (bicyclic) bond motifs is 3. The standard InChI is InChI=1S/C16H18N4O/c1-10(16-17-11(2)19-21-16)20-8-7-15-13(9-20)12-5-3-4-6-14(12)18-15/h3-6,10,18H,7-9H2,1-2H3/t10-/m0/s1. The number of rotatable bonds is 2. The van der Waals surface area contributed by atoms with E-state index in [1.54, 1.807) is 0 Å². The van der Waals surface area contributed by atoms with Gasteiger partial charge in [0.1, 0.15) is 0 Å². The van der Waals surface area contributed by atoms with Gasteiger partial charge in [0.05, 0.1) is 6.04 Å². The van der Waals surface area contributed by atoms with Crippen LogP contribution in [0.25, 0.3) is 10.9 Å². The van der Waals surface area contributed by atoms with Crippen molar-refractivity contribution in [1.82, 2.24) is 20.0 Å². The summed E-state index contributed by atoms with van der Waals surface area (Å²) in [5.74, 6) is 1.40. The van der Waals surface area contributed by atoms with Gasteiger partial charge in [0.2, 0.25) is 5.89 Å². The molecule has 1 N–H and O–H groups in total. The van der Waals surface area contributed by atoms with Gasteiger partial charge in [0, 0.05) is 36.1 Å². The highest BCUT2D eigenvalue weighted by molar-refractivity contribution is 5.84. The zero-order valence-corrected chi connectivity index (χ0v) is 12.3. The van der Waals surface area contributed by atoms with E-state index in [0.29, 0.717) is 11.7 Å². The lowest BCUT2D eigenvalue weighted by Gasteiger charge is -2.30. The number of nitrogens with one attached hydrogen (secondary N) is 1. The van der Waals surface area contributed by atoms with Gasteiger partial charge in [-0.15, -0.1) is 0 Å². The van der Waals surface area contributed by atoms with E-state index in [2.05, 4.69) is 51.2 Å². The van der Waals surface area contributed by atoms with E-state index >= 15 is 0 Å². The largest absolute Gasteiger partial charge is 0.358 e. The highest BCUT2D eigenvalue weighted by Gasteiger charge is 2.27. The molecule has 2 aromatic heterocycles. The van der Waals surface area contributed by atoms with Crippen LogP contribution in [-0.2, 0) is 13.0 Å². The molecule has 0 radical (unpaired) electrons. The van der Waals surface area contributed by atoms with Crippen molar-refractivity contribution < 1.29 is 4.52 Å². The molecule has 4 rings (SSSR count). The SMILES string of the molecule is Cc1noc([C@H](C)N2CCc3[nH]c4ccccc4c3C2)n1. The van der Waals surface area contributed by atoms with Gasteiger partial charge in [-0.1, -0.05) is 23.4 Å². The minimum Gasteiger partial charge on any atom is -0.358 e. The molecule has 0 unspecified atom stereocenters. The number of para-hydroxylation sites is 1. The molecule has 0 saturated carbocycles. The molecule has 1 aromatic carbocycles. The highest BCUT2D eigenvalue weighted by Crippen LogP contribution is 2.31. The molecule has 1 atom stereocenters. The zero-order chi connectivity index (χ0) is 14.4. The van der Waals surface area contributed by atoms with Crippen molar-refractivity contribution in [1.29, 1.82) is 0 Å². The smallest absolute Gasteiger partial charge is 0.243 e. The van der Waals surface area contributed by atoms with Gasteiger partial charge in [-0.2, -0.15) is 4.98 Å². The Labute approximate surface area is 123 Å². The van der Waals surface area contributed by atoms with Gasteiger partial charge in [-0.05, 0) is 25.5 Å². The second-order valence-corrected chi connectivity index (χ2v) is 5.70. The third kappa shape index (κ3) is 2.05. The Morgan fingerprint density at radius 1 is 1.33 bits per heavy atom. The molecule has 0 fully saturated rings. The van der Waals surface area contributed by atoms with Crippen LogP contribution in [0.2, 0.25) is 0 Å². The first kappa shape index (κ1) is 12.6. The Hall–Kier alpha value is -2.14. The first-order valence-corrected chi connectivity index (χ1v) is 7.35. The molecular formula is C16H18N4O. The normalized spacial score (nSPS) is 17.0. The highest BCUT2D eigenvalue weighted by atomic mass is 16.5. The van der Waals surface area contributed by atoms with E-state index in [9.17, 15) is 0 Å². The third-order valence-electron chi connectivity index (χ3n) is 4.36. The average Bonchev–Trinajstić information content (AvgIpc) is 3.09. The molecule has 0 amide bonds. The van der Waals surface area contributed by atoms with Crippen LogP contribution in [0.1, 0.15) is 35.9 Å². The lowest BCUT2D eigenvalue weighted by atomic mass is 10.0. The second-order valence-electron chi connectivity index (χ2n) is 5.70. The van der Waals surface area contributed by atoms with Crippen LogP contribution in [0.5, 0.6) is 0 Å². The van der Waals surface area contributed by atoms with Crippen LogP contribution in [0.4, 0.5) is 0 Å². The molecule has 0 spiro atoms. The van der Waals surface area contributed by atoms with E-state index in [-0.39, 0.29) is 6.04 Å². The average molecular weight is 282 g/mol. The first-order chi connectivity index (χ1) is 10.2. The summed E-state index contributed by atoms with van der Waals surface area (Å²) in [6.07, 6.45) is 1.03. The number of H-pyrrole nitrogens is 1. The summed E-state index contributed by atoms with van der Waals surface area (Å²) in [4.78, 5) is 10.3. The molecule has 0 aliphatic carbocycles. The third-order valence-corrected chi connectivity index (χ3v) is 4.36. The van der Waals surface area contributed by atoms with Crippen molar-refractivity contribution >= 4 is 10.9 Å². The number of hydrogen-bond donors (Lipinski definition) is 1. The summed E-state index contributed by atoms with van der Waals surface area (Å²) < 4.78 is 5.33. The summed E-state index contributed by atoms with van der Waals surface area (Å²) in [6, 6.07) is 8.65. The molecule has 3 heterocycles. The summed E-state index contributed by atoms with van der Waals surface area (Å²) in [6.45, 7) is 5.91. The Bertz CT molecular complexity index is 789. The van der Waals surface area contributed by atoms with Crippen molar-refractivity contribution in [3.63, 3.8) is 0 Å². The molecule has 21 heavy (non-hydrogen) atoms. The van der Waals surface area contributed by atoms with E-state index in [0.717, 1.165) is 19.5 Å². The number of aromatic nitrogens is 3. The molecule has 3 aromatic rings. The molecule has 108 valence electrons. The maximum absolute atomic E-state index is 5.33. The monoisotopic (exact) mass is 282 g/mol. The second kappa shape index (κ2) is 4.70. The fraction of sp³-hybridized carbons (Fsp3) is 0.375. The van der Waals surface area contributed by atoms with E-state index in [4.69, 9.17) is 4.52 Å². The zero-order valence-electron chi connectivity index (χ0n) is 12.3. The van der Waals surface area contributed by atoms with E-state index in [1.807, 2.05) is 6.92 Å². The topological polar surface area (TPSA) is 58.0 Å². The summed E-state index contributed by atoms with van der Waals surface area (Å²) in [5, 5.41) is 5.22. The van der Waals surface area contributed by atoms with Crippen LogP contribution in [0, 0.1) is 6.92 Å². The molecule has 5 nitrogen and oxygen atoms in total. The number of aromatic amines is 1. The van der Waals surface area contributed by atoms with Crippen molar-refractivity contribution in [3.05, 3.63) is 47.2 Å². The number of benzene rings is 1. The molecule has 1 aliphatic rings. The van der Waals surface area contributed by atoms with Gasteiger partial charge in [-0.3, -0.25) is 4.90 Å². The van der Waals surface area contributed by atoms with Crippen molar-refractivity contribution in [3.8, 4) is 0 Å². The van der Waals surface area contributed by atoms with Gasteiger partial charge >= 0.3 is 0 Å². The summed E-state index contributed by atoms with van der Waals surface area (Å²) >= 11 is 0. The Kier molecular flexibility index (Phi) is 2.82. The van der Waals surface area contributed by atoms with Crippen molar-refractivity contribution in [2.45, 2.75) is 32.9 Å². The minimum absolute atomic E-state index is 0.146. The fourth-order valence-corrected chi connectivity index (χ4v) is 3.16. The fourth-order valence-electron chi connectivity index (χ4n) is 3.16. The van der Waals surface area contributed by atoms with Crippen LogP contribution in [-0.4, -0.2) is 26.6 Å². The van der Waals surface area contributed by atoms with Gasteiger partial charge in [0.25, 0.3) is 0 Å². The van der Waals surface area contributed by atoms with Gasteiger partial charge in [-0.25, -0.2) is 0 Å². The molecule has 0 bridgehead atoms. The van der Waals surface area contributed by atoms with Crippen LogP contribution in [0.3, 0.4) is 0 Å². The Morgan fingerprint density at radius 3 is 3.00 bits per heavy atom. The number of nitrogens with zero attached hydrogens (tertiary/aromatic N) is 3. The van der Waals surface area contributed by atoms with Crippen LogP contribution >= 0.6 is 0 Å². The Morgan fingerprint density at radius 2 is 2.19 bits per heavy atom. The van der Waals surface area contributed by atoms with Crippen molar-refractivity contribution in [2.24, 2.45) is 0 Å². The maximum Gasteiger partial charge on any atom is 0.243 e. The lowest BCUT2D eigenvalue weighted by Crippen LogP contribution is -2.32. The Balaban J connectivity index is 1.66. The van der Waals surface area contributed by atoms with Gasteiger partial charge in [0.15, 0.2) is 5.82 Å². The van der Waals surface area contributed by atoms with E-state index in [1.165, 1.54) is 22.2 Å². The summed E-state index contributed by atoms with van der Waals surface area (Å²) in [5.41, 5.74) is 3.99. The number of hydrogen-bond acceptors (Lipinski definition) is 4. The first-order valence-electron chi connectivity index (χ1n) is 7.35. The number of aryl methyl sites for hydroxylation is 1. The van der Waals surface area contributed by atoms with Crippen LogP contribution < -0.4 is 0 Å². The van der Waals surface area contributed by atoms with Gasteiger partial charge < -0.3 is 9.51 Å². The summed E-state index contributed by atoms with van der Waals surface area (Å²) in [7, 11) is 0. The minimum atomic E-state index is 0.146. The quantitative estimate of drug-likeness (QED) is 0.785. The predicted octanol–water partition coefficient (Wildman–Crippen LogP) is 2.98. The van der Waals surface area contributed by atoms with Crippen LogP contribution in [0.15, 0.2) is 28.8 Å². The molecule has 1 aliphatic heterocycles. The molecular weight excluding hydrogens is 264 g/mol. The predicted molar refractivity (Wildman–Crippen MR) is 79.9 cm³/mol.